The zero-order valence-electron chi connectivity index (χ0n) is 15.2. The maximum absolute atomic E-state index is 14.3. The smallest absolute Gasteiger partial charge is 0.247 e. The van der Waals surface area contributed by atoms with Gasteiger partial charge in [0.2, 0.25) is 11.8 Å². The third-order valence-electron chi connectivity index (χ3n) is 4.29. The number of amidine groups is 1. The summed E-state index contributed by atoms with van der Waals surface area (Å²) in [5.74, 6) is -1.62. The van der Waals surface area contributed by atoms with Crippen LogP contribution < -0.4 is 5.32 Å². The second-order valence-corrected chi connectivity index (χ2v) is 6.73. The Morgan fingerprint density at radius 1 is 1.07 bits per heavy atom. The first-order valence-electron chi connectivity index (χ1n) is 8.46. The largest absolute Gasteiger partial charge is 0.421 e. The van der Waals surface area contributed by atoms with E-state index in [-0.39, 0.29) is 22.4 Å². The Bertz CT molecular complexity index is 1170. The number of aryl methyl sites for hydroxylation is 1. The number of benzene rings is 1. The summed E-state index contributed by atoms with van der Waals surface area (Å²) < 4.78 is 46.7. The van der Waals surface area contributed by atoms with Crippen molar-refractivity contribution in [2.45, 2.75) is 19.9 Å². The van der Waals surface area contributed by atoms with Crippen LogP contribution in [0.1, 0.15) is 36.0 Å². The normalized spacial score (nSPS) is 16.6. The van der Waals surface area contributed by atoms with Gasteiger partial charge in [0.1, 0.15) is 23.4 Å². The average molecular weight is 420 g/mol. The zero-order chi connectivity index (χ0) is 20.7. The summed E-state index contributed by atoms with van der Waals surface area (Å²) in [6.07, 6.45) is 0.887. The second kappa shape index (κ2) is 7.32. The number of nitrogens with zero attached hydrogens (tertiary/aromatic N) is 4. The van der Waals surface area contributed by atoms with Gasteiger partial charge in [0.15, 0.2) is 11.7 Å². The van der Waals surface area contributed by atoms with E-state index in [0.717, 1.165) is 12.3 Å². The molecule has 0 aliphatic carbocycles. The van der Waals surface area contributed by atoms with Gasteiger partial charge in [-0.15, -0.1) is 10.2 Å². The van der Waals surface area contributed by atoms with Crippen molar-refractivity contribution >= 4 is 23.0 Å². The summed E-state index contributed by atoms with van der Waals surface area (Å²) in [5.41, 5.74) is 1.29. The van der Waals surface area contributed by atoms with Gasteiger partial charge in [-0.3, -0.25) is 4.99 Å². The lowest BCUT2D eigenvalue weighted by molar-refractivity contribution is 0.500. The van der Waals surface area contributed by atoms with E-state index in [2.05, 4.69) is 25.5 Å². The van der Waals surface area contributed by atoms with Crippen molar-refractivity contribution in [2.24, 2.45) is 4.99 Å². The molecule has 148 valence electrons. The average Bonchev–Trinajstić information content (AvgIpc) is 3.07. The second-order valence-electron chi connectivity index (χ2n) is 6.32. The van der Waals surface area contributed by atoms with Crippen molar-refractivity contribution < 1.29 is 17.6 Å². The highest BCUT2D eigenvalue weighted by Gasteiger charge is 2.32. The fourth-order valence-corrected chi connectivity index (χ4v) is 3.29. The van der Waals surface area contributed by atoms with Crippen LogP contribution in [-0.4, -0.2) is 21.0 Å². The number of aliphatic imine (C=N–C) groups is 1. The van der Waals surface area contributed by atoms with Crippen molar-refractivity contribution in [1.82, 2.24) is 20.5 Å². The first kappa shape index (κ1) is 19.1. The fraction of sp³-hybridized carbons (Fsp3) is 0.158. The van der Waals surface area contributed by atoms with Crippen LogP contribution >= 0.6 is 11.6 Å². The SMILES string of the molecule is CC1=C(c2nnc(C)o2)C(c2ccc(F)cc2Cl)N=C(c2ncc(F)cc2F)N1. The quantitative estimate of drug-likeness (QED) is 0.682. The third kappa shape index (κ3) is 3.61. The zero-order valence-corrected chi connectivity index (χ0v) is 15.9. The molecule has 0 bridgehead atoms. The van der Waals surface area contributed by atoms with Crippen molar-refractivity contribution in [3.8, 4) is 0 Å². The summed E-state index contributed by atoms with van der Waals surface area (Å²) in [5, 5.41) is 10.9. The molecule has 0 amide bonds. The van der Waals surface area contributed by atoms with Gasteiger partial charge >= 0.3 is 0 Å². The molecule has 0 fully saturated rings. The number of nitrogens with one attached hydrogen (secondary N) is 1. The number of allylic oxidation sites excluding steroid dienone is 1. The van der Waals surface area contributed by atoms with Crippen LogP contribution in [0.3, 0.4) is 0 Å². The molecule has 10 heteroatoms. The molecule has 3 aromatic rings. The van der Waals surface area contributed by atoms with Crippen molar-refractivity contribution in [3.05, 3.63) is 81.7 Å². The molecule has 0 radical (unpaired) electrons. The van der Waals surface area contributed by atoms with Gasteiger partial charge in [0.05, 0.1) is 11.8 Å². The Kier molecular flexibility index (Phi) is 4.83. The molecular formula is C19H13ClF3N5O. The van der Waals surface area contributed by atoms with Gasteiger partial charge < -0.3 is 9.73 Å². The number of aromatic nitrogens is 3. The summed E-state index contributed by atoms with van der Waals surface area (Å²) in [6, 6.07) is 3.76. The number of pyridine rings is 1. The lowest BCUT2D eigenvalue weighted by Crippen LogP contribution is -2.31. The lowest BCUT2D eigenvalue weighted by Gasteiger charge is -2.26. The van der Waals surface area contributed by atoms with E-state index in [4.69, 9.17) is 16.0 Å². The van der Waals surface area contributed by atoms with Crippen LogP contribution in [0, 0.1) is 24.4 Å². The molecule has 6 nitrogen and oxygen atoms in total. The van der Waals surface area contributed by atoms with E-state index < -0.39 is 23.5 Å². The highest BCUT2D eigenvalue weighted by atomic mass is 35.5. The number of rotatable bonds is 3. The molecule has 0 saturated carbocycles. The minimum atomic E-state index is -0.884. The first-order chi connectivity index (χ1) is 13.8. The van der Waals surface area contributed by atoms with E-state index in [1.54, 1.807) is 13.8 Å². The van der Waals surface area contributed by atoms with Crippen LogP contribution in [0.15, 0.2) is 45.6 Å². The maximum Gasteiger partial charge on any atom is 0.247 e. The van der Waals surface area contributed by atoms with Crippen LogP contribution in [0.4, 0.5) is 13.2 Å². The Morgan fingerprint density at radius 3 is 2.52 bits per heavy atom. The van der Waals surface area contributed by atoms with Crippen LogP contribution in [-0.2, 0) is 0 Å². The standard InChI is InChI=1S/C19H13ClF3N5O/c1-8-15(19-28-27-9(2)29-19)16(12-4-3-10(21)5-13(12)20)26-18(25-8)17-14(23)6-11(22)7-24-17/h3-7,16H,1-2H3,(H,25,26). The Morgan fingerprint density at radius 2 is 1.86 bits per heavy atom. The minimum absolute atomic E-state index is 0.0605. The molecule has 1 aromatic carbocycles. The minimum Gasteiger partial charge on any atom is -0.421 e. The number of hydrogen-bond donors (Lipinski definition) is 1. The van der Waals surface area contributed by atoms with E-state index in [0.29, 0.717) is 28.8 Å². The van der Waals surface area contributed by atoms with Crippen molar-refractivity contribution in [2.75, 3.05) is 0 Å². The first-order valence-corrected chi connectivity index (χ1v) is 8.83. The van der Waals surface area contributed by atoms with E-state index >= 15 is 0 Å². The van der Waals surface area contributed by atoms with Gasteiger partial charge in [-0.05, 0) is 19.1 Å². The van der Waals surface area contributed by atoms with Gasteiger partial charge in [-0.2, -0.15) is 0 Å². The summed E-state index contributed by atoms with van der Waals surface area (Å²) >= 11 is 6.26. The highest BCUT2D eigenvalue weighted by molar-refractivity contribution is 6.31. The molecule has 1 N–H and O–H groups in total. The molecule has 29 heavy (non-hydrogen) atoms. The van der Waals surface area contributed by atoms with Crippen LogP contribution in [0.25, 0.3) is 5.57 Å². The van der Waals surface area contributed by atoms with Gasteiger partial charge in [0.25, 0.3) is 0 Å². The van der Waals surface area contributed by atoms with E-state index in [1.807, 2.05) is 0 Å². The van der Waals surface area contributed by atoms with E-state index in [1.165, 1.54) is 12.1 Å². The molecule has 0 saturated heterocycles. The number of hydrogen-bond acceptors (Lipinski definition) is 6. The molecular weight excluding hydrogens is 407 g/mol. The monoisotopic (exact) mass is 419 g/mol. The van der Waals surface area contributed by atoms with Gasteiger partial charge in [-0.25, -0.2) is 18.2 Å². The van der Waals surface area contributed by atoms with Crippen LogP contribution in [0.2, 0.25) is 5.02 Å². The predicted octanol–water partition coefficient (Wildman–Crippen LogP) is 4.37. The third-order valence-corrected chi connectivity index (χ3v) is 4.61. The molecule has 4 rings (SSSR count). The topological polar surface area (TPSA) is 76.2 Å². The summed E-state index contributed by atoms with van der Waals surface area (Å²) in [7, 11) is 0. The highest BCUT2D eigenvalue weighted by Crippen LogP contribution is 2.40. The molecule has 1 aliphatic rings. The summed E-state index contributed by atoms with van der Waals surface area (Å²) in [6.45, 7) is 3.34. The predicted molar refractivity (Wildman–Crippen MR) is 99.6 cm³/mol. The summed E-state index contributed by atoms with van der Waals surface area (Å²) in [4.78, 5) is 8.30. The maximum atomic E-state index is 14.3. The lowest BCUT2D eigenvalue weighted by atomic mass is 9.95. The molecule has 1 atom stereocenters. The van der Waals surface area contributed by atoms with Crippen molar-refractivity contribution in [1.29, 1.82) is 0 Å². The van der Waals surface area contributed by atoms with Crippen LogP contribution in [0.5, 0.6) is 0 Å². The van der Waals surface area contributed by atoms with Gasteiger partial charge in [0, 0.05) is 29.3 Å². The van der Waals surface area contributed by atoms with Gasteiger partial charge in [-0.1, -0.05) is 17.7 Å². The van der Waals surface area contributed by atoms with E-state index in [9.17, 15) is 13.2 Å². The Hall–Kier alpha value is -3.20. The molecule has 0 spiro atoms. The fourth-order valence-electron chi connectivity index (χ4n) is 3.02. The molecule has 3 heterocycles. The van der Waals surface area contributed by atoms with Crippen molar-refractivity contribution in [3.63, 3.8) is 0 Å². The number of halogens is 4. The molecule has 1 unspecified atom stereocenters. The molecule has 1 aliphatic heterocycles. The molecule has 2 aromatic heterocycles. The Labute approximate surface area is 168 Å². The Balaban J connectivity index is 1.89.